The number of halogens is 2. The van der Waals surface area contributed by atoms with E-state index in [0.717, 1.165) is 0 Å². The van der Waals surface area contributed by atoms with Crippen LogP contribution in [-0.4, -0.2) is 60.3 Å². The Bertz CT molecular complexity index is 1170. The van der Waals surface area contributed by atoms with Gasteiger partial charge in [0.25, 0.3) is 0 Å². The molecule has 4 rings (SSSR count). The summed E-state index contributed by atoms with van der Waals surface area (Å²) in [7, 11) is 1.55. The highest BCUT2D eigenvalue weighted by molar-refractivity contribution is 6.31. The van der Waals surface area contributed by atoms with Crippen LogP contribution in [0.2, 0.25) is 5.02 Å². The highest BCUT2D eigenvalue weighted by Gasteiger charge is 2.25. The minimum Gasteiger partial charge on any atom is -0.493 e. The van der Waals surface area contributed by atoms with Crippen molar-refractivity contribution >= 4 is 39.9 Å². The minimum absolute atomic E-state index is 0.00328. The van der Waals surface area contributed by atoms with Gasteiger partial charge in [0.05, 0.1) is 23.3 Å². The average molecular weight is 489 g/mol. The van der Waals surface area contributed by atoms with Crippen LogP contribution in [0.25, 0.3) is 10.9 Å². The second kappa shape index (κ2) is 10.8. The Morgan fingerprint density at radius 1 is 1.24 bits per heavy atom. The van der Waals surface area contributed by atoms with E-state index in [1.54, 1.807) is 36.3 Å². The Labute approximate surface area is 202 Å². The van der Waals surface area contributed by atoms with Crippen LogP contribution in [-0.2, 0) is 9.53 Å². The number of fused-ring (bicyclic) bond motifs is 1. The average Bonchev–Trinajstić information content (AvgIpc) is 2.85. The summed E-state index contributed by atoms with van der Waals surface area (Å²) in [6.45, 7) is 3.70. The molecule has 0 atom stereocenters. The molecule has 1 aliphatic rings. The lowest BCUT2D eigenvalue weighted by Gasteiger charge is -2.32. The zero-order valence-electron chi connectivity index (χ0n) is 19.0. The van der Waals surface area contributed by atoms with Crippen molar-refractivity contribution in [3.63, 3.8) is 0 Å². The standard InChI is InChI=1S/C24H26ClFN4O4/c1-3-33-13-22(31)30-9-7-15(8-10-30)34-21-12-19-16(11-20(21)32-2)24(28-14-27-19)29-18-6-4-5-17(25)23(18)26/h4-6,11-12,14-15H,3,7-10,13H2,1-2H3,(H,27,28,29). The van der Waals surface area contributed by atoms with Crippen molar-refractivity contribution in [2.24, 2.45) is 0 Å². The van der Waals surface area contributed by atoms with Crippen LogP contribution in [0.3, 0.4) is 0 Å². The predicted molar refractivity (Wildman–Crippen MR) is 128 cm³/mol. The first-order chi connectivity index (χ1) is 16.5. The number of nitrogens with zero attached hydrogens (tertiary/aromatic N) is 3. The zero-order chi connectivity index (χ0) is 24.1. The number of aromatic nitrogens is 2. The largest absolute Gasteiger partial charge is 0.493 e. The number of methoxy groups -OCH3 is 1. The monoisotopic (exact) mass is 488 g/mol. The summed E-state index contributed by atoms with van der Waals surface area (Å²) in [6.07, 6.45) is 2.72. The molecular weight excluding hydrogens is 463 g/mol. The Morgan fingerprint density at radius 3 is 2.76 bits per heavy atom. The molecule has 1 aromatic heterocycles. The summed E-state index contributed by atoms with van der Waals surface area (Å²) in [5, 5.41) is 3.64. The number of hydrogen-bond donors (Lipinski definition) is 1. The van der Waals surface area contributed by atoms with Gasteiger partial charge in [-0.15, -0.1) is 0 Å². The molecule has 34 heavy (non-hydrogen) atoms. The molecule has 0 aliphatic carbocycles. The molecule has 8 nitrogen and oxygen atoms in total. The second-order valence-corrected chi connectivity index (χ2v) is 8.21. The third-order valence-electron chi connectivity index (χ3n) is 5.64. The third-order valence-corrected chi connectivity index (χ3v) is 5.94. The van der Waals surface area contributed by atoms with E-state index >= 15 is 0 Å². The van der Waals surface area contributed by atoms with Gasteiger partial charge in [0.1, 0.15) is 24.9 Å². The number of hydrogen-bond acceptors (Lipinski definition) is 7. The molecule has 2 aromatic carbocycles. The SMILES string of the molecule is CCOCC(=O)N1CCC(Oc2cc3ncnc(Nc4cccc(Cl)c4F)c3cc2OC)CC1. The van der Waals surface area contributed by atoms with Gasteiger partial charge in [-0.2, -0.15) is 0 Å². The van der Waals surface area contributed by atoms with Crippen LogP contribution in [0.4, 0.5) is 15.9 Å². The molecule has 0 saturated carbocycles. The smallest absolute Gasteiger partial charge is 0.248 e. The van der Waals surface area contributed by atoms with Crippen LogP contribution in [0, 0.1) is 5.82 Å². The summed E-state index contributed by atoms with van der Waals surface area (Å²) >= 11 is 5.90. The molecule has 2 heterocycles. The normalized spacial score (nSPS) is 14.3. The van der Waals surface area contributed by atoms with Gasteiger partial charge in [-0.1, -0.05) is 17.7 Å². The van der Waals surface area contributed by atoms with E-state index in [1.165, 1.54) is 12.4 Å². The van der Waals surface area contributed by atoms with Gasteiger partial charge < -0.3 is 24.4 Å². The number of carbonyl (C=O) groups is 1. The number of piperidine rings is 1. The highest BCUT2D eigenvalue weighted by Crippen LogP contribution is 2.36. The molecule has 10 heteroatoms. The van der Waals surface area contributed by atoms with Gasteiger partial charge in [-0.3, -0.25) is 4.79 Å². The maximum atomic E-state index is 14.4. The predicted octanol–water partition coefficient (Wildman–Crippen LogP) is 4.58. The number of anilines is 2. The van der Waals surface area contributed by atoms with Crippen molar-refractivity contribution < 1.29 is 23.4 Å². The van der Waals surface area contributed by atoms with Crippen molar-refractivity contribution in [1.29, 1.82) is 0 Å². The topological polar surface area (TPSA) is 85.8 Å². The molecule has 180 valence electrons. The molecule has 1 aliphatic heterocycles. The van der Waals surface area contributed by atoms with E-state index in [1.807, 2.05) is 6.92 Å². The summed E-state index contributed by atoms with van der Waals surface area (Å²) < 4.78 is 31.4. The fourth-order valence-corrected chi connectivity index (χ4v) is 4.00. The molecule has 1 N–H and O–H groups in total. The Hall–Kier alpha value is -3.17. The molecule has 3 aromatic rings. The van der Waals surface area contributed by atoms with Gasteiger partial charge in [0.15, 0.2) is 17.3 Å². The zero-order valence-corrected chi connectivity index (χ0v) is 19.8. The van der Waals surface area contributed by atoms with Gasteiger partial charge in [0.2, 0.25) is 5.91 Å². The molecule has 1 saturated heterocycles. The maximum absolute atomic E-state index is 14.4. The number of nitrogens with one attached hydrogen (secondary N) is 1. The first kappa shape index (κ1) is 24.0. The van der Waals surface area contributed by atoms with Crippen molar-refractivity contribution in [2.45, 2.75) is 25.9 Å². The fourth-order valence-electron chi connectivity index (χ4n) is 3.83. The number of carbonyl (C=O) groups excluding carboxylic acids is 1. The van der Waals surface area contributed by atoms with E-state index < -0.39 is 5.82 Å². The minimum atomic E-state index is -0.561. The summed E-state index contributed by atoms with van der Waals surface area (Å²) in [6, 6.07) is 8.25. The number of amides is 1. The van der Waals surface area contributed by atoms with Crippen LogP contribution < -0.4 is 14.8 Å². The van der Waals surface area contributed by atoms with Crippen molar-refractivity contribution in [2.75, 3.05) is 38.7 Å². The van der Waals surface area contributed by atoms with Crippen molar-refractivity contribution in [3.05, 3.63) is 47.5 Å². The maximum Gasteiger partial charge on any atom is 0.248 e. The first-order valence-corrected chi connectivity index (χ1v) is 11.4. The summed E-state index contributed by atoms with van der Waals surface area (Å²) in [4.78, 5) is 22.6. The van der Waals surface area contributed by atoms with Crippen LogP contribution in [0.15, 0.2) is 36.7 Å². The van der Waals surface area contributed by atoms with Gasteiger partial charge in [-0.25, -0.2) is 14.4 Å². The molecule has 1 fully saturated rings. The molecule has 1 amide bonds. The highest BCUT2D eigenvalue weighted by atomic mass is 35.5. The van der Waals surface area contributed by atoms with Crippen LogP contribution in [0.5, 0.6) is 11.5 Å². The Morgan fingerprint density at radius 2 is 2.03 bits per heavy atom. The van der Waals surface area contributed by atoms with E-state index in [9.17, 15) is 9.18 Å². The van der Waals surface area contributed by atoms with Crippen LogP contribution in [0.1, 0.15) is 19.8 Å². The van der Waals surface area contributed by atoms with Gasteiger partial charge in [0, 0.05) is 44.0 Å². The van der Waals surface area contributed by atoms with E-state index in [0.29, 0.717) is 60.8 Å². The van der Waals surface area contributed by atoms with E-state index in [-0.39, 0.29) is 29.3 Å². The number of rotatable bonds is 8. The van der Waals surface area contributed by atoms with Crippen molar-refractivity contribution in [3.8, 4) is 11.5 Å². The van der Waals surface area contributed by atoms with Crippen LogP contribution >= 0.6 is 11.6 Å². The molecule has 0 unspecified atom stereocenters. The Kier molecular flexibility index (Phi) is 7.64. The molecule has 0 spiro atoms. The lowest BCUT2D eigenvalue weighted by atomic mass is 10.1. The number of ether oxygens (including phenoxy) is 3. The Balaban J connectivity index is 1.51. The third kappa shape index (κ3) is 5.31. The second-order valence-electron chi connectivity index (χ2n) is 7.80. The molecule has 0 bridgehead atoms. The molecule has 0 radical (unpaired) electrons. The number of benzene rings is 2. The summed E-state index contributed by atoms with van der Waals surface area (Å²) in [5.41, 5.74) is 0.817. The summed E-state index contributed by atoms with van der Waals surface area (Å²) in [5.74, 6) is 0.905. The van der Waals surface area contributed by atoms with E-state index in [4.69, 9.17) is 25.8 Å². The lowest BCUT2D eigenvalue weighted by molar-refractivity contribution is -0.137. The van der Waals surface area contributed by atoms with Crippen molar-refractivity contribution in [1.82, 2.24) is 14.9 Å². The quantitative estimate of drug-likeness (QED) is 0.496. The van der Waals surface area contributed by atoms with E-state index in [2.05, 4.69) is 15.3 Å². The number of likely N-dealkylation sites (tertiary alicyclic amines) is 1. The van der Waals surface area contributed by atoms with Gasteiger partial charge >= 0.3 is 0 Å². The van der Waals surface area contributed by atoms with Gasteiger partial charge in [-0.05, 0) is 25.1 Å². The first-order valence-electron chi connectivity index (χ1n) is 11.1. The molecular formula is C24H26ClFN4O4. The lowest BCUT2D eigenvalue weighted by Crippen LogP contribution is -2.43. The fraction of sp³-hybridized carbons (Fsp3) is 0.375.